The second-order valence-corrected chi connectivity index (χ2v) is 11.8. The molecule has 1 saturated heterocycles. The minimum Gasteiger partial charge on any atom is -0.444 e. The van der Waals surface area contributed by atoms with Crippen molar-refractivity contribution in [3.8, 4) is 0 Å². The van der Waals surface area contributed by atoms with Gasteiger partial charge in [-0.1, -0.05) is 23.7 Å². The Balaban J connectivity index is 1.43. The summed E-state index contributed by atoms with van der Waals surface area (Å²) in [6.07, 6.45) is 0.819. The van der Waals surface area contributed by atoms with Crippen LogP contribution >= 0.6 is 22.9 Å². The van der Waals surface area contributed by atoms with Crippen LogP contribution in [0.25, 0.3) is 0 Å². The molecule has 0 radical (unpaired) electrons. The zero-order valence-electron chi connectivity index (χ0n) is 19.6. The maximum atomic E-state index is 13.1. The van der Waals surface area contributed by atoms with Gasteiger partial charge in [-0.15, -0.1) is 11.3 Å². The van der Waals surface area contributed by atoms with Crippen molar-refractivity contribution in [2.45, 2.75) is 63.8 Å². The first-order chi connectivity index (χ1) is 16.0. The van der Waals surface area contributed by atoms with E-state index in [1.807, 2.05) is 33.8 Å². The first kappa shape index (κ1) is 23.3. The van der Waals surface area contributed by atoms with E-state index in [2.05, 4.69) is 0 Å². The number of hydrogen-bond donors (Lipinski definition) is 0. The molecule has 5 rings (SSSR count). The van der Waals surface area contributed by atoms with Gasteiger partial charge in [0, 0.05) is 23.9 Å². The van der Waals surface area contributed by atoms with Gasteiger partial charge >= 0.3 is 6.09 Å². The molecule has 0 bridgehead atoms. The van der Waals surface area contributed by atoms with Gasteiger partial charge in [-0.25, -0.2) is 4.79 Å². The molecule has 34 heavy (non-hydrogen) atoms. The number of amides is 3. The molecular weight excluding hydrogens is 476 g/mol. The smallest absolute Gasteiger partial charge is 0.410 e. The molecule has 1 unspecified atom stereocenters. The fourth-order valence-corrected chi connectivity index (χ4v) is 6.69. The minimum absolute atomic E-state index is 0.117. The molecule has 3 aliphatic rings. The summed E-state index contributed by atoms with van der Waals surface area (Å²) in [6.45, 7) is 8.20. The summed E-state index contributed by atoms with van der Waals surface area (Å²) in [4.78, 5) is 43.0. The van der Waals surface area contributed by atoms with E-state index in [1.165, 1.54) is 16.2 Å². The molecule has 2 aromatic rings. The third-order valence-corrected chi connectivity index (χ3v) is 8.17. The van der Waals surface area contributed by atoms with Crippen LogP contribution in [0.5, 0.6) is 0 Å². The number of rotatable bonds is 1. The van der Waals surface area contributed by atoms with Gasteiger partial charge in [-0.2, -0.15) is 0 Å². The van der Waals surface area contributed by atoms with E-state index in [-0.39, 0.29) is 30.6 Å². The van der Waals surface area contributed by atoms with Gasteiger partial charge < -0.3 is 14.4 Å². The van der Waals surface area contributed by atoms with Crippen molar-refractivity contribution < 1.29 is 23.9 Å². The highest BCUT2D eigenvalue weighted by molar-refractivity contribution is 7.16. The number of nitrogens with zero attached hydrogens (tertiary/aromatic N) is 2. The fraction of sp³-hybridized carbons (Fsp3) is 0.480. The fourth-order valence-electron chi connectivity index (χ4n) is 5.22. The number of hydrogen-bond acceptors (Lipinski definition) is 6. The number of likely N-dealkylation sites (tertiary alicyclic amines) is 1. The Bertz CT molecular complexity index is 1150. The molecule has 1 spiro atoms. The van der Waals surface area contributed by atoms with E-state index in [1.54, 1.807) is 29.2 Å². The number of thiophene rings is 1. The maximum Gasteiger partial charge on any atom is 0.410 e. The number of carbonyl (C=O) groups is 3. The van der Waals surface area contributed by atoms with Gasteiger partial charge in [-0.05, 0) is 57.9 Å². The van der Waals surface area contributed by atoms with Crippen molar-refractivity contribution in [2.24, 2.45) is 0 Å². The number of fused-ring (bicyclic) bond motifs is 3. The van der Waals surface area contributed by atoms with Crippen molar-refractivity contribution in [2.75, 3.05) is 13.2 Å². The lowest BCUT2D eigenvalue weighted by Gasteiger charge is -2.48. The van der Waals surface area contributed by atoms with Crippen LogP contribution in [-0.4, -0.2) is 52.5 Å². The highest BCUT2D eigenvalue weighted by Crippen LogP contribution is 2.52. The SMILES string of the molecule is C[C@H]1C[C@@]2(CCN1C(=O)OC(C)(C)C)OCC(N1C(=O)c3ccccc3C1=O)c1cc(Cl)sc12. The summed E-state index contributed by atoms with van der Waals surface area (Å²) in [5.41, 5.74) is 0.486. The molecule has 4 heterocycles. The molecule has 7 nitrogen and oxygen atoms in total. The zero-order chi connectivity index (χ0) is 24.4. The molecule has 1 aromatic heterocycles. The van der Waals surface area contributed by atoms with Crippen LogP contribution in [0, 0.1) is 0 Å². The first-order valence-corrected chi connectivity index (χ1v) is 12.6. The lowest BCUT2D eigenvalue weighted by atomic mass is 9.81. The van der Waals surface area contributed by atoms with Gasteiger partial charge in [0.05, 0.1) is 28.1 Å². The maximum absolute atomic E-state index is 13.1. The van der Waals surface area contributed by atoms with Gasteiger partial charge in [0.2, 0.25) is 0 Å². The third-order valence-electron chi connectivity index (χ3n) is 6.70. The van der Waals surface area contributed by atoms with Crippen molar-refractivity contribution >= 4 is 40.8 Å². The molecule has 9 heteroatoms. The standard InChI is InChI=1S/C25H27ClN2O5S/c1-14-12-25(9-10-27(14)23(31)33-24(2,3)4)20-17(11-19(26)34-20)18(13-32-25)28-21(29)15-7-5-6-8-16(15)22(28)30/h5-8,11,14,18H,9-10,12-13H2,1-4H3/t14-,18?,25+/m0/s1. The van der Waals surface area contributed by atoms with Crippen LogP contribution in [0.4, 0.5) is 4.79 Å². The molecule has 3 amide bonds. The molecule has 0 aliphatic carbocycles. The molecule has 3 aliphatic heterocycles. The van der Waals surface area contributed by atoms with E-state index < -0.39 is 17.2 Å². The quantitative estimate of drug-likeness (QED) is 0.489. The summed E-state index contributed by atoms with van der Waals surface area (Å²) in [5.74, 6) is -0.627. The Kier molecular flexibility index (Phi) is 5.54. The van der Waals surface area contributed by atoms with Crippen LogP contribution in [-0.2, 0) is 15.1 Å². The highest BCUT2D eigenvalue weighted by atomic mass is 35.5. The summed E-state index contributed by atoms with van der Waals surface area (Å²) in [6, 6.07) is 8.06. The van der Waals surface area contributed by atoms with Crippen LogP contribution in [0.1, 0.15) is 77.7 Å². The number of carbonyl (C=O) groups excluding carboxylic acids is 3. The largest absolute Gasteiger partial charge is 0.444 e. The summed E-state index contributed by atoms with van der Waals surface area (Å²) in [7, 11) is 0. The van der Waals surface area contributed by atoms with E-state index in [0.717, 1.165) is 10.4 Å². The normalized spacial score (nSPS) is 26.6. The number of halogens is 1. The molecule has 0 saturated carbocycles. The Morgan fingerprint density at radius 3 is 2.44 bits per heavy atom. The van der Waals surface area contributed by atoms with Crippen LogP contribution in [0.2, 0.25) is 4.34 Å². The Morgan fingerprint density at radius 2 is 1.85 bits per heavy atom. The van der Waals surface area contributed by atoms with E-state index in [4.69, 9.17) is 21.1 Å². The second-order valence-electron chi connectivity index (χ2n) is 10.2. The monoisotopic (exact) mass is 502 g/mol. The van der Waals surface area contributed by atoms with Crippen molar-refractivity contribution in [3.63, 3.8) is 0 Å². The number of piperidine rings is 1. The Labute approximate surface area is 207 Å². The molecular formula is C25H27ClN2O5S. The highest BCUT2D eigenvalue weighted by Gasteiger charge is 2.51. The number of imide groups is 1. The topological polar surface area (TPSA) is 76.2 Å². The average molecular weight is 503 g/mol. The van der Waals surface area contributed by atoms with Crippen molar-refractivity contribution in [1.82, 2.24) is 9.80 Å². The molecule has 180 valence electrons. The van der Waals surface area contributed by atoms with Crippen molar-refractivity contribution in [3.05, 3.63) is 56.2 Å². The van der Waals surface area contributed by atoms with E-state index in [0.29, 0.717) is 34.8 Å². The summed E-state index contributed by atoms with van der Waals surface area (Å²) < 4.78 is 12.7. The first-order valence-electron chi connectivity index (χ1n) is 11.4. The van der Waals surface area contributed by atoms with Crippen LogP contribution < -0.4 is 0 Å². The van der Waals surface area contributed by atoms with Gasteiger partial charge in [-0.3, -0.25) is 14.5 Å². The second kappa shape index (κ2) is 8.07. The van der Waals surface area contributed by atoms with E-state index >= 15 is 0 Å². The predicted molar refractivity (Wildman–Crippen MR) is 128 cm³/mol. The predicted octanol–water partition coefficient (Wildman–Crippen LogP) is 5.38. The van der Waals surface area contributed by atoms with Gasteiger partial charge in [0.1, 0.15) is 11.2 Å². The Hall–Kier alpha value is -2.42. The summed E-state index contributed by atoms with van der Waals surface area (Å²) in [5, 5.41) is 0. The van der Waals surface area contributed by atoms with Gasteiger partial charge in [0.15, 0.2) is 0 Å². The molecule has 1 fully saturated rings. The van der Waals surface area contributed by atoms with Crippen molar-refractivity contribution in [1.29, 1.82) is 0 Å². The number of benzene rings is 1. The Morgan fingerprint density at radius 1 is 1.21 bits per heavy atom. The molecule has 1 aromatic carbocycles. The van der Waals surface area contributed by atoms with Crippen LogP contribution in [0.15, 0.2) is 30.3 Å². The van der Waals surface area contributed by atoms with Gasteiger partial charge in [0.25, 0.3) is 11.8 Å². The minimum atomic E-state index is -0.625. The lowest BCUT2D eigenvalue weighted by Crippen LogP contribution is -2.54. The zero-order valence-corrected chi connectivity index (χ0v) is 21.2. The average Bonchev–Trinajstić information content (AvgIpc) is 3.27. The van der Waals surface area contributed by atoms with Crippen LogP contribution in [0.3, 0.4) is 0 Å². The number of ether oxygens (including phenoxy) is 2. The summed E-state index contributed by atoms with van der Waals surface area (Å²) >= 11 is 7.89. The third kappa shape index (κ3) is 3.72. The molecule has 3 atom stereocenters. The lowest BCUT2D eigenvalue weighted by molar-refractivity contribution is -0.123. The van der Waals surface area contributed by atoms with E-state index in [9.17, 15) is 14.4 Å². The molecule has 0 N–H and O–H groups in total.